The zero-order chi connectivity index (χ0) is 22.1. The maximum Gasteiger partial charge on any atom is 0.295 e. The molecule has 0 aromatic heterocycles. The quantitative estimate of drug-likeness (QED) is 0.450. The molecule has 1 atom stereocenters. The van der Waals surface area contributed by atoms with Crippen LogP contribution in [0, 0.1) is 5.82 Å². The topological polar surface area (TPSA) is 79.3 Å². The molecule has 1 fully saturated rings. The van der Waals surface area contributed by atoms with E-state index in [1.807, 2.05) is 19.0 Å². The van der Waals surface area contributed by atoms with Crippen molar-refractivity contribution in [3.63, 3.8) is 0 Å². The summed E-state index contributed by atoms with van der Waals surface area (Å²) in [6.07, 6.45) is 0. The average Bonchev–Trinajstić information content (AvgIpc) is 3.01. The van der Waals surface area contributed by atoms with Crippen LogP contribution in [0.15, 0.2) is 48.0 Å². The molecule has 2 aliphatic heterocycles. The minimum Gasteiger partial charge on any atom is -0.507 e. The number of amides is 1. The first-order valence-electron chi connectivity index (χ1n) is 9.96. The fraction of sp³-hybridized carbons (Fsp3) is 0.304. The third-order valence-corrected chi connectivity index (χ3v) is 5.34. The number of Topliss-reactive ketones (excluding diaryl/α,β-unsaturated/α-hetero) is 1. The van der Waals surface area contributed by atoms with E-state index < -0.39 is 23.5 Å². The van der Waals surface area contributed by atoms with Gasteiger partial charge in [0.1, 0.15) is 24.8 Å². The number of likely N-dealkylation sites (tertiary alicyclic amines) is 1. The number of likely N-dealkylation sites (N-methyl/N-ethyl adjacent to an activating group) is 1. The van der Waals surface area contributed by atoms with Crippen LogP contribution >= 0.6 is 0 Å². The minimum absolute atomic E-state index is 0.148. The second-order valence-corrected chi connectivity index (χ2v) is 7.68. The van der Waals surface area contributed by atoms with E-state index in [2.05, 4.69) is 0 Å². The lowest BCUT2D eigenvalue weighted by Crippen LogP contribution is -2.35. The first-order chi connectivity index (χ1) is 14.9. The van der Waals surface area contributed by atoms with Crippen molar-refractivity contribution in [1.29, 1.82) is 0 Å². The van der Waals surface area contributed by atoms with Gasteiger partial charge < -0.3 is 24.4 Å². The van der Waals surface area contributed by atoms with Gasteiger partial charge in [0.25, 0.3) is 11.7 Å². The van der Waals surface area contributed by atoms with E-state index in [1.165, 1.54) is 23.1 Å². The highest BCUT2D eigenvalue weighted by atomic mass is 19.1. The van der Waals surface area contributed by atoms with Gasteiger partial charge in [-0.15, -0.1) is 0 Å². The van der Waals surface area contributed by atoms with E-state index >= 15 is 0 Å². The molecule has 31 heavy (non-hydrogen) atoms. The van der Waals surface area contributed by atoms with Crippen LogP contribution in [0.4, 0.5) is 4.39 Å². The number of nitrogens with zero attached hydrogens (tertiary/aromatic N) is 2. The van der Waals surface area contributed by atoms with Crippen molar-refractivity contribution in [2.24, 2.45) is 0 Å². The summed E-state index contributed by atoms with van der Waals surface area (Å²) < 4.78 is 25.8. The number of rotatable bonds is 5. The van der Waals surface area contributed by atoms with Crippen molar-refractivity contribution in [3.8, 4) is 11.5 Å². The van der Waals surface area contributed by atoms with Crippen molar-refractivity contribution in [2.75, 3.05) is 40.4 Å². The zero-order valence-corrected chi connectivity index (χ0v) is 17.3. The second-order valence-electron chi connectivity index (χ2n) is 7.68. The van der Waals surface area contributed by atoms with E-state index in [0.29, 0.717) is 31.3 Å². The van der Waals surface area contributed by atoms with Crippen LogP contribution < -0.4 is 9.47 Å². The predicted octanol–water partition coefficient (Wildman–Crippen LogP) is 2.58. The van der Waals surface area contributed by atoms with Crippen LogP contribution in [-0.2, 0) is 9.59 Å². The lowest BCUT2D eigenvalue weighted by molar-refractivity contribution is -0.140. The SMILES string of the molecule is CN(C)CCN1C(=O)C(=O)C(=C(O)c2ccc3c(c2)OCCO3)[C@H]1c1ccccc1F. The Bertz CT molecular complexity index is 1070. The third kappa shape index (κ3) is 3.86. The van der Waals surface area contributed by atoms with Gasteiger partial charge in [-0.25, -0.2) is 4.39 Å². The maximum atomic E-state index is 14.7. The number of carbonyl (C=O) groups is 2. The number of fused-ring (bicyclic) bond motifs is 1. The highest BCUT2D eigenvalue weighted by molar-refractivity contribution is 6.46. The fourth-order valence-corrected chi connectivity index (χ4v) is 3.78. The highest BCUT2D eigenvalue weighted by Crippen LogP contribution is 2.41. The van der Waals surface area contributed by atoms with Crippen molar-refractivity contribution in [1.82, 2.24) is 9.80 Å². The summed E-state index contributed by atoms with van der Waals surface area (Å²) in [6, 6.07) is 9.68. The second kappa shape index (κ2) is 8.39. The van der Waals surface area contributed by atoms with E-state index in [4.69, 9.17) is 9.47 Å². The monoisotopic (exact) mass is 426 g/mol. The molecule has 0 radical (unpaired) electrons. The average molecular weight is 426 g/mol. The summed E-state index contributed by atoms with van der Waals surface area (Å²) >= 11 is 0. The molecule has 1 amide bonds. The standard InChI is InChI=1S/C23H23FN2O5/c1-25(2)9-10-26-20(15-5-3-4-6-16(15)24)19(22(28)23(26)29)21(27)14-7-8-17-18(13-14)31-12-11-30-17/h3-8,13,20,27H,9-12H2,1-2H3/t20-/m1/s1. The molecule has 2 aromatic carbocycles. The lowest BCUT2D eigenvalue weighted by atomic mass is 9.94. The number of carbonyl (C=O) groups excluding carboxylic acids is 2. The normalized spacial score (nSPS) is 19.9. The summed E-state index contributed by atoms with van der Waals surface area (Å²) in [5, 5.41) is 11.1. The molecule has 0 bridgehead atoms. The van der Waals surface area contributed by atoms with Crippen LogP contribution in [0.1, 0.15) is 17.2 Å². The number of hydrogen-bond donors (Lipinski definition) is 1. The van der Waals surface area contributed by atoms with Gasteiger partial charge in [0.2, 0.25) is 0 Å². The Morgan fingerprint density at radius 1 is 1.13 bits per heavy atom. The van der Waals surface area contributed by atoms with E-state index in [-0.39, 0.29) is 29.0 Å². The molecule has 1 N–H and O–H groups in total. The number of ketones is 1. The van der Waals surface area contributed by atoms with Gasteiger partial charge >= 0.3 is 0 Å². The molecule has 8 heteroatoms. The number of aliphatic hydroxyl groups excluding tert-OH is 1. The largest absolute Gasteiger partial charge is 0.507 e. The lowest BCUT2D eigenvalue weighted by Gasteiger charge is -2.27. The molecule has 2 heterocycles. The Kier molecular flexibility index (Phi) is 5.65. The van der Waals surface area contributed by atoms with Crippen LogP contribution in [0.5, 0.6) is 11.5 Å². The van der Waals surface area contributed by atoms with Gasteiger partial charge in [-0.3, -0.25) is 9.59 Å². The van der Waals surface area contributed by atoms with Crippen LogP contribution in [0.2, 0.25) is 0 Å². The minimum atomic E-state index is -1.03. The predicted molar refractivity (Wildman–Crippen MR) is 111 cm³/mol. The summed E-state index contributed by atoms with van der Waals surface area (Å²) in [5.74, 6) is -1.60. The van der Waals surface area contributed by atoms with E-state index in [1.54, 1.807) is 24.3 Å². The van der Waals surface area contributed by atoms with Crippen LogP contribution in [0.25, 0.3) is 5.76 Å². The zero-order valence-electron chi connectivity index (χ0n) is 17.3. The van der Waals surface area contributed by atoms with Gasteiger partial charge in [0, 0.05) is 24.2 Å². The summed E-state index contributed by atoms with van der Waals surface area (Å²) in [7, 11) is 3.67. The number of halogens is 1. The third-order valence-electron chi connectivity index (χ3n) is 5.34. The van der Waals surface area contributed by atoms with Crippen LogP contribution in [-0.4, -0.2) is 67.0 Å². The first kappa shape index (κ1) is 20.9. The molecular weight excluding hydrogens is 403 g/mol. The molecule has 7 nitrogen and oxygen atoms in total. The Balaban J connectivity index is 1.84. The molecule has 1 saturated heterocycles. The fourth-order valence-electron chi connectivity index (χ4n) is 3.78. The van der Waals surface area contributed by atoms with Crippen molar-refractivity contribution in [3.05, 3.63) is 65.0 Å². The van der Waals surface area contributed by atoms with Gasteiger partial charge in [0.15, 0.2) is 11.5 Å². The Hall–Kier alpha value is -3.39. The number of hydrogen-bond acceptors (Lipinski definition) is 6. The summed E-state index contributed by atoms with van der Waals surface area (Å²) in [4.78, 5) is 29.0. The molecule has 2 aromatic rings. The van der Waals surface area contributed by atoms with Crippen molar-refractivity contribution >= 4 is 17.4 Å². The molecule has 0 unspecified atom stereocenters. The smallest absolute Gasteiger partial charge is 0.295 e. The van der Waals surface area contributed by atoms with Crippen molar-refractivity contribution in [2.45, 2.75) is 6.04 Å². The van der Waals surface area contributed by atoms with Gasteiger partial charge in [-0.05, 0) is 38.4 Å². The van der Waals surface area contributed by atoms with Gasteiger partial charge in [0.05, 0.1) is 11.6 Å². The molecule has 4 rings (SSSR count). The Morgan fingerprint density at radius 3 is 2.55 bits per heavy atom. The first-order valence-corrected chi connectivity index (χ1v) is 9.96. The van der Waals surface area contributed by atoms with E-state index in [9.17, 15) is 19.1 Å². The molecular formula is C23H23FN2O5. The molecule has 0 aliphatic carbocycles. The molecule has 2 aliphatic rings. The van der Waals surface area contributed by atoms with Crippen molar-refractivity contribution < 1.29 is 28.6 Å². The molecule has 162 valence electrons. The maximum absolute atomic E-state index is 14.7. The highest BCUT2D eigenvalue weighted by Gasteiger charge is 2.46. The molecule has 0 spiro atoms. The molecule has 0 saturated carbocycles. The van der Waals surface area contributed by atoms with Crippen LogP contribution in [0.3, 0.4) is 0 Å². The number of benzene rings is 2. The summed E-state index contributed by atoms with van der Waals surface area (Å²) in [5.41, 5.74) is 0.293. The van der Waals surface area contributed by atoms with Gasteiger partial charge in [-0.1, -0.05) is 18.2 Å². The van der Waals surface area contributed by atoms with E-state index in [0.717, 1.165) is 0 Å². The number of aliphatic hydroxyl groups is 1. The summed E-state index contributed by atoms with van der Waals surface area (Å²) in [6.45, 7) is 1.46. The van der Waals surface area contributed by atoms with Gasteiger partial charge in [-0.2, -0.15) is 0 Å². The Labute approximate surface area is 179 Å². The number of ether oxygens (including phenoxy) is 2. The Morgan fingerprint density at radius 2 is 1.84 bits per heavy atom.